The Balaban J connectivity index is 1.30. The van der Waals surface area contributed by atoms with Crippen LogP contribution in [-0.2, 0) is 27.5 Å². The number of amides is 1. The molecule has 3 aliphatic rings. The van der Waals surface area contributed by atoms with Crippen molar-refractivity contribution in [1.82, 2.24) is 4.90 Å². The largest absolute Gasteiger partial charge is 0.493 e. The lowest BCUT2D eigenvalue weighted by atomic mass is 9.55. The van der Waals surface area contributed by atoms with Crippen molar-refractivity contribution in [3.63, 3.8) is 0 Å². The molecule has 1 fully saturated rings. The fourth-order valence-electron chi connectivity index (χ4n) is 10.6. The zero-order chi connectivity index (χ0) is 52.7. The van der Waals surface area contributed by atoms with Crippen molar-refractivity contribution in [2.24, 2.45) is 22.9 Å². The van der Waals surface area contributed by atoms with E-state index >= 15 is 4.79 Å². The molecule has 1 amide bonds. The summed E-state index contributed by atoms with van der Waals surface area (Å²) in [5.41, 5.74) is 3.79. The Hall–Kier alpha value is -7.18. The zero-order valence-electron chi connectivity index (χ0n) is 41.5. The third kappa shape index (κ3) is 13.2. The number of nitro groups is 2. The van der Waals surface area contributed by atoms with Crippen molar-refractivity contribution in [3.05, 3.63) is 200 Å². The molecule has 1 saturated carbocycles. The maximum atomic E-state index is 15.3. The standard InChI is InChI=1S/C58H61FN4O11S/c1-2-32-72-58-54(61(38-41-14-21-44(59)22-15-41)55(66)29-20-40-16-23-45(24-17-40)62(67)68)37-52(60-73-39-42-18-25-46(26-19-42)63(69)70)50-35-43(10-6-8-30-64)49(13-7-9-31-65)56(57(50)58)51-36-47(27-28-53(51)74-58)71-33-34-75-48-11-4-3-5-12-48/h2-5,11-12,14-29,35-36,43,49,54,56-57,64-65H,1,6-10,13,30-34,37-39H2/t43-,49+,54-,56+,57+,58+/m0/s1. The maximum absolute atomic E-state index is 15.3. The molecule has 0 spiro atoms. The normalized spacial score (nSPS) is 21.1. The Kier molecular flexibility index (Phi) is 18.6. The number of oxime groups is 1. The summed E-state index contributed by atoms with van der Waals surface area (Å²) in [7, 11) is 0. The Labute approximate surface area is 439 Å². The first kappa shape index (κ1) is 54.1. The molecule has 392 valence electrons. The van der Waals surface area contributed by atoms with E-state index in [1.807, 2.05) is 36.4 Å². The molecule has 1 heterocycles. The van der Waals surface area contributed by atoms with E-state index in [1.54, 1.807) is 65.2 Å². The number of fused-ring (bicyclic) bond motifs is 2. The average Bonchev–Trinajstić information content (AvgIpc) is 3.57. The van der Waals surface area contributed by atoms with Gasteiger partial charge in [-0.05, 0) is 133 Å². The van der Waals surface area contributed by atoms with Crippen LogP contribution in [-0.4, -0.2) is 80.6 Å². The van der Waals surface area contributed by atoms with Gasteiger partial charge in [0, 0.05) is 78.7 Å². The van der Waals surface area contributed by atoms with Gasteiger partial charge in [-0.2, -0.15) is 0 Å². The molecule has 75 heavy (non-hydrogen) atoms. The summed E-state index contributed by atoms with van der Waals surface area (Å²) in [5.74, 6) is -1.84. The molecule has 1 aliphatic heterocycles. The van der Waals surface area contributed by atoms with E-state index in [0.717, 1.165) is 28.9 Å². The second kappa shape index (κ2) is 25.9. The number of nitrogens with zero attached hydrogens (tertiary/aromatic N) is 4. The number of carbonyl (C=O) groups is 1. The van der Waals surface area contributed by atoms with Crippen LogP contribution in [0.15, 0.2) is 162 Å². The molecule has 17 heteroatoms. The Morgan fingerprint density at radius 1 is 0.880 bits per heavy atom. The van der Waals surface area contributed by atoms with Crippen LogP contribution in [0.1, 0.15) is 73.1 Å². The minimum atomic E-state index is -1.63. The first-order chi connectivity index (χ1) is 36.5. The van der Waals surface area contributed by atoms with Gasteiger partial charge in [0.1, 0.15) is 30.0 Å². The highest BCUT2D eigenvalue weighted by Crippen LogP contribution is 2.62. The van der Waals surface area contributed by atoms with E-state index in [1.165, 1.54) is 42.5 Å². The molecule has 5 aromatic rings. The van der Waals surface area contributed by atoms with Crippen LogP contribution in [0.4, 0.5) is 15.8 Å². The van der Waals surface area contributed by atoms with Crippen LogP contribution in [0.5, 0.6) is 11.5 Å². The van der Waals surface area contributed by atoms with Crippen LogP contribution in [0.25, 0.3) is 6.08 Å². The van der Waals surface area contributed by atoms with Crippen LogP contribution in [0, 0.1) is 43.8 Å². The summed E-state index contributed by atoms with van der Waals surface area (Å²) in [6, 6.07) is 32.6. The third-order valence-electron chi connectivity index (χ3n) is 14.0. The van der Waals surface area contributed by atoms with Gasteiger partial charge in [0.15, 0.2) is 0 Å². The SMILES string of the molecule is C=CCO[C@@]12Oc3ccc(OCCSc4ccccc4)cc3[C@H]3[C@H](CCCCO)[C@@H](CCCCO)C=C(C(=NOCc4ccc([N+](=O)[O-])cc4)C[C@@H]1N(Cc1ccc(F)cc1)C(=O)C=Cc1ccc([N+](=O)[O-])cc1)[C@H]32. The number of carbonyl (C=O) groups excluding carboxylic acids is 1. The molecule has 0 saturated heterocycles. The van der Waals surface area contributed by atoms with Gasteiger partial charge >= 0.3 is 0 Å². The Bertz CT molecular complexity index is 2850. The van der Waals surface area contributed by atoms with Gasteiger partial charge in [0.2, 0.25) is 11.7 Å². The predicted octanol–water partition coefficient (Wildman–Crippen LogP) is 11.4. The lowest BCUT2D eigenvalue weighted by molar-refractivity contribution is -0.385. The number of aliphatic hydroxyl groups is 2. The number of thioether (sulfide) groups is 1. The molecule has 0 bridgehead atoms. The van der Waals surface area contributed by atoms with E-state index in [2.05, 4.69) is 24.8 Å². The molecule has 15 nitrogen and oxygen atoms in total. The molecule has 2 aliphatic carbocycles. The van der Waals surface area contributed by atoms with Crippen molar-refractivity contribution in [3.8, 4) is 11.5 Å². The highest BCUT2D eigenvalue weighted by molar-refractivity contribution is 7.99. The van der Waals surface area contributed by atoms with Crippen molar-refractivity contribution < 1.29 is 48.3 Å². The van der Waals surface area contributed by atoms with Gasteiger partial charge in [-0.15, -0.1) is 18.3 Å². The van der Waals surface area contributed by atoms with E-state index in [-0.39, 0.29) is 68.5 Å². The van der Waals surface area contributed by atoms with Gasteiger partial charge in [-0.3, -0.25) is 25.0 Å². The van der Waals surface area contributed by atoms with Gasteiger partial charge in [-0.1, -0.05) is 60.5 Å². The second-order valence-electron chi connectivity index (χ2n) is 18.8. The maximum Gasteiger partial charge on any atom is 0.269 e. The van der Waals surface area contributed by atoms with Gasteiger partial charge in [-0.25, -0.2) is 4.39 Å². The monoisotopic (exact) mass is 1040 g/mol. The summed E-state index contributed by atoms with van der Waals surface area (Å²) in [6.45, 7) is 4.45. The summed E-state index contributed by atoms with van der Waals surface area (Å²) in [4.78, 5) is 46.2. The fourth-order valence-corrected chi connectivity index (χ4v) is 11.3. The quantitative estimate of drug-likeness (QED) is 0.0133. The molecule has 0 radical (unpaired) electrons. The fraction of sp³-hybridized carbons (Fsp3) is 0.345. The van der Waals surface area contributed by atoms with Crippen molar-refractivity contribution in [2.45, 2.75) is 80.7 Å². The number of ether oxygens (including phenoxy) is 3. The third-order valence-corrected chi connectivity index (χ3v) is 15.0. The number of allylic oxidation sites excluding steroid dienone is 1. The topological polar surface area (TPSA) is 196 Å². The van der Waals surface area contributed by atoms with E-state index in [0.29, 0.717) is 71.9 Å². The lowest BCUT2D eigenvalue weighted by Crippen LogP contribution is -2.70. The number of non-ortho nitro benzene ring substituents is 2. The van der Waals surface area contributed by atoms with Crippen LogP contribution >= 0.6 is 11.8 Å². The molecule has 8 rings (SSSR count). The molecular weight excluding hydrogens is 980 g/mol. The number of benzene rings is 5. The summed E-state index contributed by atoms with van der Waals surface area (Å²) in [6.07, 6.45) is 10.9. The minimum Gasteiger partial charge on any atom is -0.493 e. The van der Waals surface area contributed by atoms with Crippen molar-refractivity contribution >= 4 is 40.8 Å². The molecule has 6 atom stereocenters. The zero-order valence-corrected chi connectivity index (χ0v) is 42.3. The number of hydrogen-bond acceptors (Lipinski definition) is 13. The smallest absolute Gasteiger partial charge is 0.269 e. The highest BCUT2D eigenvalue weighted by Gasteiger charge is 2.65. The van der Waals surface area contributed by atoms with Gasteiger partial charge < -0.3 is 34.2 Å². The predicted molar refractivity (Wildman–Crippen MR) is 285 cm³/mol. The summed E-state index contributed by atoms with van der Waals surface area (Å²) < 4.78 is 35.6. The second-order valence-corrected chi connectivity index (χ2v) is 19.9. The van der Waals surface area contributed by atoms with Crippen LogP contribution in [0.2, 0.25) is 0 Å². The molecular formula is C58H61FN4O11S. The van der Waals surface area contributed by atoms with Crippen molar-refractivity contribution in [1.29, 1.82) is 0 Å². The molecule has 0 aromatic heterocycles. The average molecular weight is 1040 g/mol. The summed E-state index contributed by atoms with van der Waals surface area (Å²) >= 11 is 1.69. The number of unbranched alkanes of at least 4 members (excludes halogenated alkanes) is 2. The van der Waals surface area contributed by atoms with Gasteiger partial charge in [0.25, 0.3) is 11.4 Å². The number of rotatable bonds is 26. The highest BCUT2D eigenvalue weighted by atomic mass is 32.2. The lowest BCUT2D eigenvalue weighted by Gasteiger charge is -2.60. The van der Waals surface area contributed by atoms with E-state index < -0.39 is 39.3 Å². The molecule has 0 unspecified atom stereocenters. The molecule has 5 aromatic carbocycles. The first-order valence-electron chi connectivity index (χ1n) is 25.2. The Morgan fingerprint density at radius 3 is 2.24 bits per heavy atom. The van der Waals surface area contributed by atoms with E-state index in [4.69, 9.17) is 24.2 Å². The van der Waals surface area contributed by atoms with Crippen molar-refractivity contribution in [2.75, 3.05) is 32.2 Å². The van der Waals surface area contributed by atoms with Crippen LogP contribution < -0.4 is 9.47 Å². The number of hydrogen-bond donors (Lipinski definition) is 2. The molecule has 2 N–H and O–H groups in total. The Morgan fingerprint density at radius 2 is 1.56 bits per heavy atom. The van der Waals surface area contributed by atoms with Crippen LogP contribution in [0.3, 0.4) is 0 Å². The number of aliphatic hydroxyl groups excluding tert-OH is 2. The van der Waals surface area contributed by atoms with Gasteiger partial charge in [0.05, 0.1) is 34.7 Å². The first-order valence-corrected chi connectivity index (χ1v) is 26.2. The number of halogens is 1. The van der Waals surface area contributed by atoms with E-state index in [9.17, 15) is 34.8 Å². The summed E-state index contributed by atoms with van der Waals surface area (Å²) in [5, 5.41) is 48.0. The number of nitro benzene ring substituents is 2. The minimum absolute atomic E-state index is 0.0120.